The SMILES string of the molecule is CCNC(=NCC(C(=O)N1CCOCC1)c1ccccc1)N(C)Cc1cccn1C. The van der Waals surface area contributed by atoms with E-state index in [-0.39, 0.29) is 11.8 Å². The maximum absolute atomic E-state index is 13.3. The lowest BCUT2D eigenvalue weighted by Gasteiger charge is -2.30. The van der Waals surface area contributed by atoms with Crippen LogP contribution in [0.4, 0.5) is 0 Å². The largest absolute Gasteiger partial charge is 0.378 e. The van der Waals surface area contributed by atoms with Crippen LogP contribution in [0.5, 0.6) is 0 Å². The van der Waals surface area contributed by atoms with Gasteiger partial charge in [-0.1, -0.05) is 30.3 Å². The summed E-state index contributed by atoms with van der Waals surface area (Å²) in [5, 5.41) is 3.36. The number of ether oxygens (including phenoxy) is 1. The van der Waals surface area contributed by atoms with Crippen molar-refractivity contribution in [2.45, 2.75) is 19.4 Å². The Hall–Kier alpha value is -2.80. The van der Waals surface area contributed by atoms with Gasteiger partial charge >= 0.3 is 0 Å². The average Bonchev–Trinajstić information content (AvgIpc) is 3.18. The minimum atomic E-state index is -0.304. The lowest BCUT2D eigenvalue weighted by Crippen LogP contribution is -2.44. The number of nitrogens with one attached hydrogen (secondary N) is 1. The third-order valence-electron chi connectivity index (χ3n) is 5.39. The number of hydrogen-bond donors (Lipinski definition) is 1. The number of guanidine groups is 1. The molecule has 1 atom stereocenters. The van der Waals surface area contributed by atoms with E-state index in [4.69, 9.17) is 9.73 Å². The highest BCUT2D eigenvalue weighted by atomic mass is 16.5. The fourth-order valence-corrected chi connectivity index (χ4v) is 3.64. The number of nitrogens with zero attached hydrogens (tertiary/aromatic N) is 4. The van der Waals surface area contributed by atoms with Crippen molar-refractivity contribution in [2.24, 2.45) is 12.0 Å². The highest BCUT2D eigenvalue weighted by Crippen LogP contribution is 2.20. The number of aromatic nitrogens is 1. The number of hydrogen-bond acceptors (Lipinski definition) is 3. The van der Waals surface area contributed by atoms with Gasteiger partial charge in [0.25, 0.3) is 0 Å². The maximum Gasteiger partial charge on any atom is 0.232 e. The van der Waals surface area contributed by atoms with Gasteiger partial charge in [-0.3, -0.25) is 9.79 Å². The molecule has 1 N–H and O–H groups in total. The maximum atomic E-state index is 13.3. The molecular formula is C23H33N5O2. The highest BCUT2D eigenvalue weighted by Gasteiger charge is 2.27. The molecule has 162 valence electrons. The van der Waals surface area contributed by atoms with Gasteiger partial charge in [0.15, 0.2) is 5.96 Å². The van der Waals surface area contributed by atoms with Crippen molar-refractivity contribution < 1.29 is 9.53 Å². The van der Waals surface area contributed by atoms with Gasteiger partial charge in [0, 0.05) is 45.6 Å². The Kier molecular flexibility index (Phi) is 7.90. The number of rotatable bonds is 7. The molecule has 1 saturated heterocycles. The standard InChI is InChI=1S/C23H33N5O2/c1-4-24-23(27(3)18-20-11-8-12-26(20)2)25-17-21(19-9-6-5-7-10-19)22(29)28-13-15-30-16-14-28/h5-12,21H,4,13-18H2,1-3H3,(H,24,25). The number of benzene rings is 1. The van der Waals surface area contributed by atoms with Crippen molar-refractivity contribution in [3.63, 3.8) is 0 Å². The van der Waals surface area contributed by atoms with Crippen molar-refractivity contribution in [3.05, 3.63) is 59.9 Å². The van der Waals surface area contributed by atoms with E-state index < -0.39 is 0 Å². The topological polar surface area (TPSA) is 62.1 Å². The van der Waals surface area contributed by atoms with E-state index in [0.717, 1.165) is 24.6 Å². The molecule has 1 aromatic heterocycles. The van der Waals surface area contributed by atoms with Crippen LogP contribution in [0.3, 0.4) is 0 Å². The Bertz CT molecular complexity index is 827. The molecule has 7 heteroatoms. The van der Waals surface area contributed by atoms with E-state index in [1.807, 2.05) is 61.6 Å². The van der Waals surface area contributed by atoms with Crippen molar-refractivity contribution in [2.75, 3.05) is 46.4 Å². The summed E-state index contributed by atoms with van der Waals surface area (Å²) in [5.74, 6) is 0.616. The Morgan fingerprint density at radius 2 is 1.93 bits per heavy atom. The molecule has 1 aromatic carbocycles. The Balaban J connectivity index is 1.78. The predicted molar refractivity (Wildman–Crippen MR) is 119 cm³/mol. The third kappa shape index (κ3) is 5.63. The van der Waals surface area contributed by atoms with Crippen LogP contribution in [0.2, 0.25) is 0 Å². The summed E-state index contributed by atoms with van der Waals surface area (Å²) >= 11 is 0. The van der Waals surface area contributed by atoms with Gasteiger partial charge in [-0.15, -0.1) is 0 Å². The quantitative estimate of drug-likeness (QED) is 0.560. The Morgan fingerprint density at radius 3 is 2.57 bits per heavy atom. The number of aliphatic imine (C=N–C) groups is 1. The number of carbonyl (C=O) groups is 1. The zero-order valence-corrected chi connectivity index (χ0v) is 18.3. The lowest BCUT2D eigenvalue weighted by molar-refractivity contribution is -0.136. The van der Waals surface area contributed by atoms with E-state index in [1.165, 1.54) is 5.69 Å². The van der Waals surface area contributed by atoms with Crippen LogP contribution >= 0.6 is 0 Å². The first-order valence-electron chi connectivity index (χ1n) is 10.6. The molecule has 1 amide bonds. The van der Waals surface area contributed by atoms with E-state index in [2.05, 4.69) is 27.8 Å². The van der Waals surface area contributed by atoms with Crippen LogP contribution in [-0.2, 0) is 23.1 Å². The van der Waals surface area contributed by atoms with Crippen molar-refractivity contribution in [1.82, 2.24) is 19.7 Å². The Morgan fingerprint density at radius 1 is 1.20 bits per heavy atom. The van der Waals surface area contributed by atoms with Gasteiger partial charge in [0.05, 0.1) is 32.2 Å². The second-order valence-corrected chi connectivity index (χ2v) is 7.56. The normalized spacial score (nSPS) is 15.7. The lowest BCUT2D eigenvalue weighted by atomic mass is 9.97. The van der Waals surface area contributed by atoms with Crippen LogP contribution in [-0.4, -0.2) is 72.7 Å². The molecule has 3 rings (SSSR count). The molecule has 0 aliphatic carbocycles. The van der Waals surface area contributed by atoms with Crippen molar-refractivity contribution >= 4 is 11.9 Å². The highest BCUT2D eigenvalue weighted by molar-refractivity contribution is 5.85. The number of aryl methyl sites for hydroxylation is 1. The van der Waals surface area contributed by atoms with E-state index in [0.29, 0.717) is 32.8 Å². The molecule has 1 aliphatic heterocycles. The second kappa shape index (κ2) is 10.8. The fraction of sp³-hybridized carbons (Fsp3) is 0.478. The summed E-state index contributed by atoms with van der Waals surface area (Å²) in [5.41, 5.74) is 2.20. The van der Waals surface area contributed by atoms with Crippen molar-refractivity contribution in [3.8, 4) is 0 Å². The molecule has 2 heterocycles. The monoisotopic (exact) mass is 411 g/mol. The molecule has 30 heavy (non-hydrogen) atoms. The average molecular weight is 412 g/mol. The molecule has 7 nitrogen and oxygen atoms in total. The zero-order valence-electron chi connectivity index (χ0n) is 18.3. The van der Waals surface area contributed by atoms with Gasteiger partial charge in [-0.25, -0.2) is 0 Å². The molecule has 1 aliphatic rings. The molecule has 1 fully saturated rings. The molecule has 2 aromatic rings. The van der Waals surface area contributed by atoms with Crippen LogP contribution in [0.1, 0.15) is 24.1 Å². The first kappa shape index (κ1) is 21.9. The molecule has 1 unspecified atom stereocenters. The summed E-state index contributed by atoms with van der Waals surface area (Å²) < 4.78 is 7.52. The van der Waals surface area contributed by atoms with E-state index in [1.54, 1.807) is 0 Å². The number of amides is 1. The number of carbonyl (C=O) groups excluding carboxylic acids is 1. The van der Waals surface area contributed by atoms with Gasteiger partial charge in [0.1, 0.15) is 0 Å². The van der Waals surface area contributed by atoms with Crippen LogP contribution in [0.25, 0.3) is 0 Å². The van der Waals surface area contributed by atoms with Gasteiger partial charge in [-0.05, 0) is 24.6 Å². The molecule has 0 saturated carbocycles. The van der Waals surface area contributed by atoms with Gasteiger partial charge in [0.2, 0.25) is 5.91 Å². The van der Waals surface area contributed by atoms with Gasteiger partial charge in [-0.2, -0.15) is 0 Å². The van der Waals surface area contributed by atoms with Crippen LogP contribution in [0.15, 0.2) is 53.7 Å². The minimum Gasteiger partial charge on any atom is -0.378 e. The van der Waals surface area contributed by atoms with Crippen LogP contribution in [0, 0.1) is 0 Å². The van der Waals surface area contributed by atoms with Crippen molar-refractivity contribution in [1.29, 1.82) is 0 Å². The molecule has 0 spiro atoms. The summed E-state index contributed by atoms with van der Waals surface area (Å²) in [4.78, 5) is 22.2. The zero-order chi connectivity index (χ0) is 21.3. The van der Waals surface area contributed by atoms with E-state index >= 15 is 0 Å². The first-order valence-corrected chi connectivity index (χ1v) is 10.6. The molecule has 0 bridgehead atoms. The summed E-state index contributed by atoms with van der Waals surface area (Å²) in [6.45, 7) is 6.43. The summed E-state index contributed by atoms with van der Waals surface area (Å²) in [6, 6.07) is 14.1. The summed E-state index contributed by atoms with van der Waals surface area (Å²) in [7, 11) is 4.06. The fourth-order valence-electron chi connectivity index (χ4n) is 3.64. The predicted octanol–water partition coefficient (Wildman–Crippen LogP) is 2.06. The summed E-state index contributed by atoms with van der Waals surface area (Å²) in [6.07, 6.45) is 2.04. The van der Waals surface area contributed by atoms with Crippen LogP contribution < -0.4 is 5.32 Å². The van der Waals surface area contributed by atoms with E-state index in [9.17, 15) is 4.79 Å². The molecular weight excluding hydrogens is 378 g/mol. The van der Waals surface area contributed by atoms with Gasteiger partial charge < -0.3 is 24.4 Å². The first-order chi connectivity index (χ1) is 14.6. The minimum absolute atomic E-state index is 0.120. The smallest absolute Gasteiger partial charge is 0.232 e. The molecule has 0 radical (unpaired) electrons. The number of morpholine rings is 1. The second-order valence-electron chi connectivity index (χ2n) is 7.56. The Labute approximate surface area is 179 Å². The third-order valence-corrected chi connectivity index (χ3v) is 5.39.